The molecule has 11 rings (SSSR count). The van der Waals surface area contributed by atoms with E-state index in [9.17, 15) is 0 Å². The largest absolute Gasteiger partial charge is 0.455 e. The van der Waals surface area contributed by atoms with Gasteiger partial charge in [0, 0.05) is 27.8 Å². The van der Waals surface area contributed by atoms with Gasteiger partial charge in [-0.15, -0.1) is 0 Å². The third kappa shape index (κ3) is 5.90. The van der Waals surface area contributed by atoms with E-state index in [2.05, 4.69) is 127 Å². The molecule has 0 amide bonds. The van der Waals surface area contributed by atoms with Crippen molar-refractivity contribution < 1.29 is 4.42 Å². The van der Waals surface area contributed by atoms with Crippen molar-refractivity contribution in [1.29, 1.82) is 0 Å². The second-order valence-corrected chi connectivity index (χ2v) is 14.7. The van der Waals surface area contributed by atoms with E-state index in [0.717, 1.165) is 50.6 Å². The number of para-hydroxylation sites is 1. The Morgan fingerprint density at radius 3 is 1.67 bits per heavy atom. The van der Waals surface area contributed by atoms with Gasteiger partial charge in [0.1, 0.15) is 11.2 Å². The van der Waals surface area contributed by atoms with Crippen molar-refractivity contribution >= 4 is 21.9 Å². The summed E-state index contributed by atoms with van der Waals surface area (Å²) < 4.78 is 6.65. The van der Waals surface area contributed by atoms with Crippen LogP contribution in [-0.4, -0.2) is 15.0 Å². The van der Waals surface area contributed by atoms with Gasteiger partial charge in [0.2, 0.25) is 0 Å². The SMILES string of the molecule is c1ccc(-c2ccc(C3Cc4cc(-c5ccc6oc7c(-c8nc(-c9ccccc9)nc(-c9ccccc9)n8)cccc7c6c5)ccc4-c4ccccc43)cc2)cc1. The maximum atomic E-state index is 6.65. The molecule has 268 valence electrons. The second-order valence-electron chi connectivity index (χ2n) is 14.7. The molecule has 4 heteroatoms. The molecule has 1 aliphatic rings. The van der Waals surface area contributed by atoms with Crippen molar-refractivity contribution in [1.82, 2.24) is 15.0 Å². The molecule has 0 aliphatic heterocycles. The fourth-order valence-electron chi connectivity index (χ4n) is 8.50. The van der Waals surface area contributed by atoms with E-state index in [0.29, 0.717) is 17.5 Å². The van der Waals surface area contributed by atoms with Crippen LogP contribution in [0.15, 0.2) is 199 Å². The van der Waals surface area contributed by atoms with E-state index in [1.807, 2.05) is 66.7 Å². The average Bonchev–Trinajstić information content (AvgIpc) is 3.68. The van der Waals surface area contributed by atoms with Gasteiger partial charge in [0.15, 0.2) is 17.5 Å². The smallest absolute Gasteiger partial charge is 0.167 e. The molecule has 0 saturated carbocycles. The molecule has 1 atom stereocenters. The minimum absolute atomic E-state index is 0.271. The maximum absolute atomic E-state index is 6.65. The van der Waals surface area contributed by atoms with Crippen molar-refractivity contribution in [3.05, 3.63) is 211 Å². The number of aromatic nitrogens is 3. The van der Waals surface area contributed by atoms with Crippen molar-refractivity contribution in [2.45, 2.75) is 12.3 Å². The van der Waals surface area contributed by atoms with E-state index >= 15 is 0 Å². The van der Waals surface area contributed by atoms with Gasteiger partial charge in [-0.1, -0.05) is 176 Å². The van der Waals surface area contributed by atoms with Crippen molar-refractivity contribution in [2.24, 2.45) is 0 Å². The standard InChI is InChI=1S/C53H35N3O/c1-4-13-34(14-5-1)35-23-25-36(26-24-35)47-33-41-31-39(27-29-42(41)43-19-10-11-20-44(43)47)40-28-30-49-48(32-40)45-21-12-22-46(50(45)57-49)53-55-51(37-15-6-2-7-16-37)54-52(56-53)38-17-8-3-9-18-38/h1-32,47H,33H2. The number of nitrogens with zero attached hydrogens (tertiary/aromatic N) is 3. The van der Waals surface area contributed by atoms with Crippen LogP contribution >= 0.6 is 0 Å². The zero-order chi connectivity index (χ0) is 37.7. The van der Waals surface area contributed by atoms with E-state index in [1.54, 1.807) is 0 Å². The third-order valence-electron chi connectivity index (χ3n) is 11.3. The van der Waals surface area contributed by atoms with Gasteiger partial charge in [0.05, 0.1) is 5.56 Å². The highest BCUT2D eigenvalue weighted by Gasteiger charge is 2.26. The fraction of sp³-hybridized carbons (Fsp3) is 0.0377. The Kier molecular flexibility index (Phi) is 7.92. The van der Waals surface area contributed by atoms with Gasteiger partial charge in [0.25, 0.3) is 0 Å². The van der Waals surface area contributed by atoms with Crippen LogP contribution in [0.3, 0.4) is 0 Å². The highest BCUT2D eigenvalue weighted by Crippen LogP contribution is 2.45. The van der Waals surface area contributed by atoms with Crippen molar-refractivity contribution in [3.8, 4) is 67.5 Å². The molecular weight excluding hydrogens is 695 g/mol. The Hall–Kier alpha value is -7.43. The molecule has 2 aromatic heterocycles. The van der Waals surface area contributed by atoms with E-state index < -0.39 is 0 Å². The summed E-state index contributed by atoms with van der Waals surface area (Å²) in [6.45, 7) is 0. The second kappa shape index (κ2) is 13.7. The molecule has 0 spiro atoms. The van der Waals surface area contributed by atoms with Crippen molar-refractivity contribution in [2.75, 3.05) is 0 Å². The zero-order valence-corrected chi connectivity index (χ0v) is 31.0. The molecule has 0 radical (unpaired) electrons. The van der Waals surface area contributed by atoms with Gasteiger partial charge in [-0.05, 0) is 74.7 Å². The minimum atomic E-state index is 0.271. The minimum Gasteiger partial charge on any atom is -0.455 e. The molecule has 1 unspecified atom stereocenters. The summed E-state index contributed by atoms with van der Waals surface area (Å²) in [6.07, 6.45) is 0.937. The molecule has 0 fully saturated rings. The van der Waals surface area contributed by atoms with Gasteiger partial charge < -0.3 is 4.42 Å². The summed E-state index contributed by atoms with van der Waals surface area (Å²) in [5, 5.41) is 2.09. The monoisotopic (exact) mass is 729 g/mol. The molecule has 10 aromatic rings. The summed E-state index contributed by atoms with van der Waals surface area (Å²) >= 11 is 0. The Bertz CT molecular complexity index is 3020. The molecule has 8 aromatic carbocycles. The zero-order valence-electron chi connectivity index (χ0n) is 31.0. The summed E-state index contributed by atoms with van der Waals surface area (Å²) in [7, 11) is 0. The number of fused-ring (bicyclic) bond motifs is 6. The van der Waals surface area contributed by atoms with Crippen molar-refractivity contribution in [3.63, 3.8) is 0 Å². The normalized spacial score (nSPS) is 13.4. The number of hydrogen-bond donors (Lipinski definition) is 0. The molecule has 0 bridgehead atoms. The first-order chi connectivity index (χ1) is 28.2. The van der Waals surface area contributed by atoms with Crippen LogP contribution in [0.1, 0.15) is 22.6 Å². The summed E-state index contributed by atoms with van der Waals surface area (Å²) in [4.78, 5) is 14.9. The highest BCUT2D eigenvalue weighted by molar-refractivity contribution is 6.10. The van der Waals surface area contributed by atoms with Gasteiger partial charge in [-0.2, -0.15) is 0 Å². The third-order valence-corrected chi connectivity index (χ3v) is 11.3. The molecule has 0 N–H and O–H groups in total. The van der Waals surface area contributed by atoms with Crippen LogP contribution in [-0.2, 0) is 6.42 Å². The fourth-order valence-corrected chi connectivity index (χ4v) is 8.50. The predicted octanol–water partition coefficient (Wildman–Crippen LogP) is 13.5. The Balaban J connectivity index is 0.978. The Morgan fingerprint density at radius 1 is 0.386 bits per heavy atom. The van der Waals surface area contributed by atoms with Crippen LogP contribution < -0.4 is 0 Å². The molecular formula is C53H35N3O. The van der Waals surface area contributed by atoms with Gasteiger partial charge >= 0.3 is 0 Å². The van der Waals surface area contributed by atoms with Gasteiger partial charge in [-0.25, -0.2) is 15.0 Å². The lowest BCUT2D eigenvalue weighted by molar-refractivity contribution is 0.669. The number of benzene rings is 8. The summed E-state index contributed by atoms with van der Waals surface area (Å²) in [6, 6.07) is 68.5. The number of hydrogen-bond acceptors (Lipinski definition) is 4. The quantitative estimate of drug-likeness (QED) is 0.171. The topological polar surface area (TPSA) is 51.8 Å². The summed E-state index contributed by atoms with van der Waals surface area (Å²) in [5.74, 6) is 2.09. The lowest BCUT2D eigenvalue weighted by Crippen LogP contribution is -2.12. The van der Waals surface area contributed by atoms with Gasteiger partial charge in [-0.3, -0.25) is 0 Å². The molecule has 0 saturated heterocycles. The van der Waals surface area contributed by atoms with E-state index in [1.165, 1.54) is 44.5 Å². The van der Waals surface area contributed by atoms with Crippen LogP contribution in [0.5, 0.6) is 0 Å². The number of rotatable bonds is 6. The van der Waals surface area contributed by atoms with Crippen LogP contribution in [0.2, 0.25) is 0 Å². The lowest BCUT2D eigenvalue weighted by atomic mass is 9.75. The first-order valence-electron chi connectivity index (χ1n) is 19.4. The maximum Gasteiger partial charge on any atom is 0.167 e. The van der Waals surface area contributed by atoms with Crippen LogP contribution in [0.25, 0.3) is 89.5 Å². The van der Waals surface area contributed by atoms with E-state index in [-0.39, 0.29) is 5.92 Å². The molecule has 4 nitrogen and oxygen atoms in total. The molecule has 1 aliphatic carbocycles. The van der Waals surface area contributed by atoms with Crippen LogP contribution in [0, 0.1) is 0 Å². The lowest BCUT2D eigenvalue weighted by Gasteiger charge is -2.29. The first kappa shape index (κ1) is 33.0. The Labute approximate surface area is 330 Å². The van der Waals surface area contributed by atoms with Crippen LogP contribution in [0.4, 0.5) is 0 Å². The predicted molar refractivity (Wildman–Crippen MR) is 232 cm³/mol. The molecule has 57 heavy (non-hydrogen) atoms. The highest BCUT2D eigenvalue weighted by atomic mass is 16.3. The van der Waals surface area contributed by atoms with E-state index in [4.69, 9.17) is 19.4 Å². The Morgan fingerprint density at radius 2 is 0.947 bits per heavy atom. The average molecular weight is 730 g/mol. The first-order valence-corrected chi connectivity index (χ1v) is 19.4. The number of furan rings is 1. The summed E-state index contributed by atoms with van der Waals surface area (Å²) in [5.41, 5.74) is 15.8. The molecule has 2 heterocycles.